The van der Waals surface area contributed by atoms with Gasteiger partial charge in [0.2, 0.25) is 0 Å². The first-order valence-corrected chi connectivity index (χ1v) is 8.30. The summed E-state index contributed by atoms with van der Waals surface area (Å²) in [6.45, 7) is 5.34. The van der Waals surface area contributed by atoms with Gasteiger partial charge in [-0.25, -0.2) is 0 Å². The minimum absolute atomic E-state index is 0.757. The molecule has 1 saturated carbocycles. The molecule has 1 aliphatic rings. The second-order valence-electron chi connectivity index (χ2n) is 6.25. The standard InChI is InChI=1S/C18H30N2O/c1-4-5-6-11-20(2)14-16-12-15(7-10-18(16)21-3)13-19-17-8-9-17/h7,10,12,17,19H,4-6,8-9,11,13-14H2,1-3H3. The molecule has 3 heteroatoms. The molecule has 0 heterocycles. The fourth-order valence-corrected chi connectivity index (χ4v) is 2.62. The Morgan fingerprint density at radius 2 is 2.10 bits per heavy atom. The minimum atomic E-state index is 0.757. The molecule has 0 atom stereocenters. The molecule has 0 unspecified atom stereocenters. The topological polar surface area (TPSA) is 24.5 Å². The Labute approximate surface area is 129 Å². The monoisotopic (exact) mass is 290 g/mol. The van der Waals surface area contributed by atoms with Crippen LogP contribution in [0.25, 0.3) is 0 Å². The van der Waals surface area contributed by atoms with Gasteiger partial charge in [-0.2, -0.15) is 0 Å². The third-order valence-corrected chi connectivity index (χ3v) is 4.10. The third kappa shape index (κ3) is 5.68. The number of nitrogens with one attached hydrogen (secondary N) is 1. The SMILES string of the molecule is CCCCCN(C)Cc1cc(CNC2CC2)ccc1OC. The van der Waals surface area contributed by atoms with E-state index in [1.807, 2.05) is 0 Å². The largest absolute Gasteiger partial charge is 0.496 e. The zero-order valence-corrected chi connectivity index (χ0v) is 13.8. The number of hydrogen-bond donors (Lipinski definition) is 1. The highest BCUT2D eigenvalue weighted by molar-refractivity contribution is 5.37. The molecule has 1 N–H and O–H groups in total. The van der Waals surface area contributed by atoms with Crippen molar-refractivity contribution < 1.29 is 4.74 Å². The fraction of sp³-hybridized carbons (Fsp3) is 0.667. The van der Waals surface area contributed by atoms with Crippen molar-refractivity contribution in [3.05, 3.63) is 29.3 Å². The van der Waals surface area contributed by atoms with Crippen molar-refractivity contribution in [2.45, 2.75) is 58.2 Å². The van der Waals surface area contributed by atoms with E-state index in [9.17, 15) is 0 Å². The normalized spacial score (nSPS) is 14.7. The van der Waals surface area contributed by atoms with Crippen LogP contribution in [0.5, 0.6) is 5.75 Å². The first-order valence-electron chi connectivity index (χ1n) is 8.30. The van der Waals surface area contributed by atoms with Crippen LogP contribution in [-0.2, 0) is 13.1 Å². The first kappa shape index (κ1) is 16.3. The van der Waals surface area contributed by atoms with Crippen molar-refractivity contribution in [1.82, 2.24) is 10.2 Å². The van der Waals surface area contributed by atoms with E-state index in [0.29, 0.717) is 0 Å². The lowest BCUT2D eigenvalue weighted by atomic mass is 10.1. The van der Waals surface area contributed by atoms with Crippen molar-refractivity contribution in [3.63, 3.8) is 0 Å². The van der Waals surface area contributed by atoms with Crippen LogP contribution in [0.15, 0.2) is 18.2 Å². The van der Waals surface area contributed by atoms with Gasteiger partial charge >= 0.3 is 0 Å². The number of hydrogen-bond acceptors (Lipinski definition) is 3. The predicted octanol–water partition coefficient (Wildman–Crippen LogP) is 3.57. The minimum Gasteiger partial charge on any atom is -0.496 e. The lowest BCUT2D eigenvalue weighted by Gasteiger charge is -2.19. The molecule has 1 aromatic carbocycles. The summed E-state index contributed by atoms with van der Waals surface area (Å²) in [6, 6.07) is 7.34. The van der Waals surface area contributed by atoms with E-state index in [1.54, 1.807) is 7.11 Å². The third-order valence-electron chi connectivity index (χ3n) is 4.10. The summed E-state index contributed by atoms with van der Waals surface area (Å²) >= 11 is 0. The van der Waals surface area contributed by atoms with Crippen molar-refractivity contribution in [1.29, 1.82) is 0 Å². The second kappa shape index (κ2) is 8.40. The van der Waals surface area contributed by atoms with Gasteiger partial charge in [-0.3, -0.25) is 0 Å². The lowest BCUT2D eigenvalue weighted by molar-refractivity contribution is 0.309. The maximum atomic E-state index is 5.52. The smallest absolute Gasteiger partial charge is 0.123 e. The maximum Gasteiger partial charge on any atom is 0.123 e. The van der Waals surface area contributed by atoms with E-state index in [-0.39, 0.29) is 0 Å². The van der Waals surface area contributed by atoms with Gasteiger partial charge in [0.1, 0.15) is 5.75 Å². The molecule has 1 aromatic rings. The molecule has 0 aliphatic heterocycles. The summed E-state index contributed by atoms with van der Waals surface area (Å²) in [7, 11) is 3.96. The van der Waals surface area contributed by atoms with E-state index in [1.165, 1.54) is 43.2 Å². The van der Waals surface area contributed by atoms with Gasteiger partial charge in [0.05, 0.1) is 7.11 Å². The molecule has 0 bridgehead atoms. The van der Waals surface area contributed by atoms with Crippen molar-refractivity contribution in [3.8, 4) is 5.75 Å². The van der Waals surface area contributed by atoms with Crippen LogP contribution >= 0.6 is 0 Å². The van der Waals surface area contributed by atoms with E-state index in [2.05, 4.69) is 42.4 Å². The van der Waals surface area contributed by atoms with Gasteiger partial charge in [-0.15, -0.1) is 0 Å². The number of rotatable bonds is 10. The Kier molecular flexibility index (Phi) is 6.52. The predicted molar refractivity (Wildman–Crippen MR) is 88.7 cm³/mol. The maximum absolute atomic E-state index is 5.52. The van der Waals surface area contributed by atoms with Crippen LogP contribution in [0.2, 0.25) is 0 Å². The number of methoxy groups -OCH3 is 1. The highest BCUT2D eigenvalue weighted by Gasteiger charge is 2.20. The van der Waals surface area contributed by atoms with E-state index >= 15 is 0 Å². The Morgan fingerprint density at radius 1 is 1.29 bits per heavy atom. The highest BCUT2D eigenvalue weighted by atomic mass is 16.5. The molecular formula is C18H30N2O. The molecule has 3 nitrogen and oxygen atoms in total. The number of nitrogens with zero attached hydrogens (tertiary/aromatic N) is 1. The van der Waals surface area contributed by atoms with E-state index < -0.39 is 0 Å². The van der Waals surface area contributed by atoms with Crippen molar-refractivity contribution >= 4 is 0 Å². The number of benzene rings is 1. The van der Waals surface area contributed by atoms with Crippen LogP contribution in [0.1, 0.15) is 50.2 Å². The number of unbranched alkanes of at least 4 members (excludes halogenated alkanes) is 2. The molecule has 1 fully saturated rings. The summed E-state index contributed by atoms with van der Waals surface area (Å²) in [6.07, 6.45) is 6.54. The van der Waals surface area contributed by atoms with Gasteiger partial charge in [0, 0.05) is 24.7 Å². The Morgan fingerprint density at radius 3 is 2.76 bits per heavy atom. The Balaban J connectivity index is 1.92. The number of ether oxygens (including phenoxy) is 1. The molecule has 0 radical (unpaired) electrons. The van der Waals surface area contributed by atoms with E-state index in [4.69, 9.17) is 4.74 Å². The molecular weight excluding hydrogens is 260 g/mol. The average molecular weight is 290 g/mol. The second-order valence-corrected chi connectivity index (χ2v) is 6.25. The molecule has 0 aromatic heterocycles. The van der Waals surface area contributed by atoms with Crippen LogP contribution in [0, 0.1) is 0 Å². The van der Waals surface area contributed by atoms with Gasteiger partial charge in [-0.05, 0) is 50.6 Å². The Hall–Kier alpha value is -1.06. The molecule has 2 rings (SSSR count). The summed E-state index contributed by atoms with van der Waals surface area (Å²) in [5.74, 6) is 1.01. The summed E-state index contributed by atoms with van der Waals surface area (Å²) in [5.41, 5.74) is 2.66. The van der Waals surface area contributed by atoms with Gasteiger partial charge in [0.25, 0.3) is 0 Å². The summed E-state index contributed by atoms with van der Waals surface area (Å²) in [5, 5.41) is 3.58. The fourth-order valence-electron chi connectivity index (χ4n) is 2.62. The quantitative estimate of drug-likeness (QED) is 0.667. The van der Waals surface area contributed by atoms with Crippen molar-refractivity contribution in [2.75, 3.05) is 20.7 Å². The summed E-state index contributed by atoms with van der Waals surface area (Å²) < 4.78 is 5.52. The van der Waals surface area contributed by atoms with Gasteiger partial charge < -0.3 is 15.0 Å². The molecule has 1 aliphatic carbocycles. The zero-order chi connectivity index (χ0) is 15.1. The molecule has 0 spiro atoms. The van der Waals surface area contributed by atoms with Gasteiger partial charge in [-0.1, -0.05) is 25.8 Å². The zero-order valence-electron chi connectivity index (χ0n) is 13.8. The van der Waals surface area contributed by atoms with Crippen LogP contribution in [-0.4, -0.2) is 31.6 Å². The average Bonchev–Trinajstić information content (AvgIpc) is 3.30. The highest BCUT2D eigenvalue weighted by Crippen LogP contribution is 2.23. The lowest BCUT2D eigenvalue weighted by Crippen LogP contribution is -2.20. The van der Waals surface area contributed by atoms with E-state index in [0.717, 1.165) is 31.4 Å². The summed E-state index contributed by atoms with van der Waals surface area (Å²) in [4.78, 5) is 2.39. The van der Waals surface area contributed by atoms with Crippen molar-refractivity contribution in [2.24, 2.45) is 0 Å². The van der Waals surface area contributed by atoms with Crippen LogP contribution in [0.4, 0.5) is 0 Å². The first-order chi connectivity index (χ1) is 10.2. The van der Waals surface area contributed by atoms with Gasteiger partial charge in [0.15, 0.2) is 0 Å². The molecule has 0 saturated heterocycles. The van der Waals surface area contributed by atoms with Crippen LogP contribution < -0.4 is 10.1 Å². The molecule has 21 heavy (non-hydrogen) atoms. The Bertz CT molecular complexity index is 429. The molecule has 118 valence electrons. The molecule has 0 amide bonds. The van der Waals surface area contributed by atoms with Crippen LogP contribution in [0.3, 0.4) is 0 Å².